The monoisotopic (exact) mass is 515 g/mol. The van der Waals surface area contributed by atoms with E-state index in [1.165, 1.54) is 24.4 Å². The minimum atomic E-state index is -0.533. The molecule has 2 aromatic carbocycles. The number of nitrogens with zero attached hydrogens (tertiary/aromatic N) is 2. The molecule has 28 heavy (non-hydrogen) atoms. The van der Waals surface area contributed by atoms with E-state index in [1.54, 1.807) is 19.1 Å². The molecule has 0 fully saturated rings. The predicted octanol–water partition coefficient (Wildman–Crippen LogP) is 3.75. The molecule has 0 aromatic heterocycles. The lowest BCUT2D eigenvalue weighted by Crippen LogP contribution is -2.24. The number of nitro groups is 1. The number of nitro benzene ring substituents is 1. The molecular weight excluding hydrogens is 502 g/mol. The molecule has 0 aliphatic heterocycles. The van der Waals surface area contributed by atoms with Crippen LogP contribution < -0.4 is 14.9 Å². The number of hydrazone groups is 1. The summed E-state index contributed by atoms with van der Waals surface area (Å²) in [6.45, 7) is 1.84. The van der Waals surface area contributed by atoms with Crippen LogP contribution >= 0.6 is 31.9 Å². The molecule has 0 heterocycles. The van der Waals surface area contributed by atoms with Crippen molar-refractivity contribution in [1.82, 2.24) is 5.43 Å². The number of aromatic hydroxyl groups is 1. The number of nitrogens with one attached hydrogen (secondary N) is 1. The van der Waals surface area contributed by atoms with Gasteiger partial charge in [-0.2, -0.15) is 5.10 Å². The average Bonchev–Trinajstić information content (AvgIpc) is 2.64. The quantitative estimate of drug-likeness (QED) is 0.313. The van der Waals surface area contributed by atoms with E-state index in [9.17, 15) is 20.0 Å². The summed E-state index contributed by atoms with van der Waals surface area (Å²) in [5.41, 5.74) is 2.79. The van der Waals surface area contributed by atoms with Gasteiger partial charge in [0.15, 0.2) is 18.1 Å². The summed E-state index contributed by atoms with van der Waals surface area (Å²) in [5.74, 6) is 0.0269. The molecule has 2 N–H and O–H groups in total. The number of carbonyl (C=O) groups is 1. The molecule has 0 aliphatic rings. The molecule has 2 aromatic rings. The number of hydrogen-bond donors (Lipinski definition) is 2. The number of phenolic OH excluding ortho intramolecular Hbond substituents is 1. The largest absolute Gasteiger partial charge is 0.503 e. The Bertz CT molecular complexity index is 920. The first-order chi connectivity index (χ1) is 13.3. The number of non-ortho nitro benzene ring substituents is 1. The fourth-order valence-electron chi connectivity index (χ4n) is 2.01. The Morgan fingerprint density at radius 3 is 2.64 bits per heavy atom. The Balaban J connectivity index is 1.93. The molecule has 0 saturated carbocycles. The van der Waals surface area contributed by atoms with E-state index in [2.05, 4.69) is 42.4 Å². The van der Waals surface area contributed by atoms with Crippen LogP contribution in [-0.2, 0) is 4.79 Å². The molecule has 9 nitrogen and oxygen atoms in total. The summed E-state index contributed by atoms with van der Waals surface area (Å²) >= 11 is 6.37. The van der Waals surface area contributed by atoms with E-state index in [0.717, 1.165) is 0 Å². The van der Waals surface area contributed by atoms with Crippen molar-refractivity contribution in [2.45, 2.75) is 6.92 Å². The number of benzene rings is 2. The second-order valence-corrected chi connectivity index (χ2v) is 6.94. The molecule has 148 valence electrons. The normalized spacial score (nSPS) is 10.7. The molecule has 1 amide bonds. The van der Waals surface area contributed by atoms with Gasteiger partial charge >= 0.3 is 0 Å². The number of ether oxygens (including phenoxy) is 2. The summed E-state index contributed by atoms with van der Waals surface area (Å²) < 4.78 is 11.4. The molecule has 11 heteroatoms. The molecule has 2 rings (SSSR count). The fourth-order valence-corrected chi connectivity index (χ4v) is 2.95. The van der Waals surface area contributed by atoms with Crippen molar-refractivity contribution >= 4 is 49.7 Å². The topological polar surface area (TPSA) is 123 Å². The summed E-state index contributed by atoms with van der Waals surface area (Å²) in [7, 11) is 0. The number of amides is 1. The summed E-state index contributed by atoms with van der Waals surface area (Å²) in [4.78, 5) is 22.0. The highest BCUT2D eigenvalue weighted by Gasteiger charge is 2.11. The van der Waals surface area contributed by atoms with Crippen LogP contribution in [0.15, 0.2) is 44.4 Å². The van der Waals surface area contributed by atoms with E-state index < -0.39 is 10.8 Å². The molecule has 0 saturated heterocycles. The Hall–Kier alpha value is -2.66. The van der Waals surface area contributed by atoms with E-state index in [0.29, 0.717) is 21.1 Å². The van der Waals surface area contributed by atoms with E-state index in [1.807, 2.05) is 0 Å². The number of halogens is 2. The first-order valence-electron chi connectivity index (χ1n) is 7.85. The van der Waals surface area contributed by atoms with Gasteiger partial charge in [0.25, 0.3) is 11.6 Å². The standard InChI is InChI=1S/C17H15Br2N3O6/c1-2-27-15-6-10(5-13(19)17(15)24)8-20-21-16(23)9-28-14-4-3-11(22(25)26)7-12(14)18/h3-8,24H,2,9H2,1H3,(H,21,23)/b20-8+. The van der Waals surface area contributed by atoms with Crippen LogP contribution in [0.5, 0.6) is 17.2 Å². The Morgan fingerprint density at radius 2 is 2.00 bits per heavy atom. The molecule has 0 aliphatic carbocycles. The van der Waals surface area contributed by atoms with Gasteiger partial charge in [0.05, 0.1) is 26.7 Å². The first-order valence-corrected chi connectivity index (χ1v) is 9.44. The van der Waals surface area contributed by atoms with Gasteiger partial charge < -0.3 is 14.6 Å². The molecule has 0 unspecified atom stereocenters. The second-order valence-electron chi connectivity index (χ2n) is 5.24. The summed E-state index contributed by atoms with van der Waals surface area (Å²) in [6, 6.07) is 7.13. The number of hydrogen-bond acceptors (Lipinski definition) is 7. The SMILES string of the molecule is CCOc1cc(/C=N/NC(=O)COc2ccc([N+](=O)[O-])cc2Br)cc(Br)c1O. The maximum absolute atomic E-state index is 11.8. The number of phenols is 1. The third-order valence-electron chi connectivity index (χ3n) is 3.24. The maximum atomic E-state index is 11.8. The highest BCUT2D eigenvalue weighted by atomic mass is 79.9. The summed E-state index contributed by atoms with van der Waals surface area (Å²) in [6.07, 6.45) is 1.38. The highest BCUT2D eigenvalue weighted by Crippen LogP contribution is 2.35. The van der Waals surface area contributed by atoms with Gasteiger partial charge in [-0.15, -0.1) is 0 Å². The van der Waals surface area contributed by atoms with Crippen molar-refractivity contribution in [2.24, 2.45) is 5.10 Å². The smallest absolute Gasteiger partial charge is 0.277 e. The van der Waals surface area contributed by atoms with Gasteiger partial charge in [0.2, 0.25) is 0 Å². The zero-order chi connectivity index (χ0) is 20.7. The van der Waals surface area contributed by atoms with Gasteiger partial charge in [-0.05, 0) is 62.5 Å². The first kappa shape index (κ1) is 21.6. The number of rotatable bonds is 8. The van der Waals surface area contributed by atoms with Crippen molar-refractivity contribution in [2.75, 3.05) is 13.2 Å². The molecule has 0 spiro atoms. The van der Waals surface area contributed by atoms with Crippen LogP contribution in [0.3, 0.4) is 0 Å². The third kappa shape index (κ3) is 5.92. The van der Waals surface area contributed by atoms with Crippen LogP contribution in [0.2, 0.25) is 0 Å². The lowest BCUT2D eigenvalue weighted by Gasteiger charge is -2.08. The fraction of sp³-hybridized carbons (Fsp3) is 0.176. The van der Waals surface area contributed by atoms with E-state index >= 15 is 0 Å². The third-order valence-corrected chi connectivity index (χ3v) is 4.46. The van der Waals surface area contributed by atoms with Crippen molar-refractivity contribution in [3.8, 4) is 17.2 Å². The summed E-state index contributed by atoms with van der Waals surface area (Å²) in [5, 5.41) is 24.4. The van der Waals surface area contributed by atoms with Gasteiger partial charge in [-0.25, -0.2) is 5.43 Å². The molecule has 0 atom stereocenters. The second kappa shape index (κ2) is 10.0. The van der Waals surface area contributed by atoms with Crippen LogP contribution in [-0.4, -0.2) is 35.4 Å². The van der Waals surface area contributed by atoms with Crippen LogP contribution in [0, 0.1) is 10.1 Å². The van der Waals surface area contributed by atoms with Crippen molar-refractivity contribution in [3.63, 3.8) is 0 Å². The zero-order valence-electron chi connectivity index (χ0n) is 14.5. The van der Waals surface area contributed by atoms with E-state index in [4.69, 9.17) is 9.47 Å². The highest BCUT2D eigenvalue weighted by molar-refractivity contribution is 9.10. The zero-order valence-corrected chi connectivity index (χ0v) is 17.7. The Labute approximate surface area is 176 Å². The lowest BCUT2D eigenvalue weighted by atomic mass is 10.2. The molecule has 0 bridgehead atoms. The van der Waals surface area contributed by atoms with Gasteiger partial charge in [0, 0.05) is 12.1 Å². The molecular formula is C17H15Br2N3O6. The van der Waals surface area contributed by atoms with Crippen molar-refractivity contribution in [1.29, 1.82) is 0 Å². The van der Waals surface area contributed by atoms with Gasteiger partial charge in [0.1, 0.15) is 5.75 Å². The van der Waals surface area contributed by atoms with Gasteiger partial charge in [-0.1, -0.05) is 0 Å². The van der Waals surface area contributed by atoms with Crippen LogP contribution in [0.4, 0.5) is 5.69 Å². The average molecular weight is 517 g/mol. The van der Waals surface area contributed by atoms with Crippen molar-refractivity contribution in [3.05, 3.63) is 55.0 Å². The minimum absolute atomic E-state index is 0.0230. The van der Waals surface area contributed by atoms with E-state index in [-0.39, 0.29) is 29.5 Å². The van der Waals surface area contributed by atoms with Crippen LogP contribution in [0.1, 0.15) is 12.5 Å². The predicted molar refractivity (Wildman–Crippen MR) is 109 cm³/mol. The Kier molecular flexibility index (Phi) is 7.76. The minimum Gasteiger partial charge on any atom is -0.503 e. The molecule has 0 radical (unpaired) electrons. The maximum Gasteiger partial charge on any atom is 0.277 e. The Morgan fingerprint density at radius 1 is 1.25 bits per heavy atom. The van der Waals surface area contributed by atoms with Crippen molar-refractivity contribution < 1.29 is 24.3 Å². The number of carbonyl (C=O) groups excluding carboxylic acids is 1. The van der Waals surface area contributed by atoms with Gasteiger partial charge in [-0.3, -0.25) is 14.9 Å². The van der Waals surface area contributed by atoms with Crippen LogP contribution in [0.25, 0.3) is 0 Å². The lowest BCUT2D eigenvalue weighted by molar-refractivity contribution is -0.384.